The first-order valence-electron chi connectivity index (χ1n) is 9.73. The molecular formula is C23H19N5O2. The number of fused-ring (bicyclic) bond motifs is 3. The lowest BCUT2D eigenvalue weighted by atomic mass is 10.1. The van der Waals surface area contributed by atoms with E-state index in [4.69, 9.17) is 0 Å². The lowest BCUT2D eigenvalue weighted by Gasteiger charge is -2.16. The third-order valence-corrected chi connectivity index (χ3v) is 5.18. The molecule has 0 fully saturated rings. The number of benzene rings is 2. The van der Waals surface area contributed by atoms with Crippen molar-refractivity contribution >= 4 is 34.5 Å². The van der Waals surface area contributed by atoms with E-state index in [9.17, 15) is 9.59 Å². The molecule has 2 aromatic carbocycles. The van der Waals surface area contributed by atoms with Crippen LogP contribution in [-0.2, 0) is 16.1 Å². The molecule has 0 radical (unpaired) electrons. The van der Waals surface area contributed by atoms with Gasteiger partial charge in [0.15, 0.2) is 0 Å². The Bertz CT molecular complexity index is 1220. The van der Waals surface area contributed by atoms with Gasteiger partial charge in [0.05, 0.1) is 24.0 Å². The first kappa shape index (κ1) is 18.1. The molecule has 0 aliphatic carbocycles. The molecule has 2 amide bonds. The van der Waals surface area contributed by atoms with Crippen LogP contribution in [0.3, 0.4) is 0 Å². The Labute approximate surface area is 173 Å². The van der Waals surface area contributed by atoms with E-state index in [1.54, 1.807) is 17.3 Å². The van der Waals surface area contributed by atoms with Gasteiger partial charge in [-0.1, -0.05) is 36.4 Å². The van der Waals surface area contributed by atoms with Crippen molar-refractivity contribution in [3.05, 3.63) is 84.7 Å². The minimum absolute atomic E-state index is 0.0324. The Morgan fingerprint density at radius 1 is 1.00 bits per heavy atom. The van der Waals surface area contributed by atoms with Crippen LogP contribution in [0.4, 0.5) is 11.6 Å². The Balaban J connectivity index is 1.48. The summed E-state index contributed by atoms with van der Waals surface area (Å²) in [4.78, 5) is 36.5. The van der Waals surface area contributed by atoms with Crippen LogP contribution in [0.1, 0.15) is 18.0 Å². The van der Waals surface area contributed by atoms with Gasteiger partial charge < -0.3 is 5.32 Å². The molecule has 7 heteroatoms. The molecule has 1 atom stereocenters. The number of amides is 2. The van der Waals surface area contributed by atoms with Gasteiger partial charge in [0.25, 0.3) is 5.91 Å². The Morgan fingerprint density at radius 3 is 2.60 bits per heavy atom. The zero-order chi connectivity index (χ0) is 20.5. The van der Waals surface area contributed by atoms with E-state index in [1.807, 2.05) is 71.3 Å². The van der Waals surface area contributed by atoms with E-state index >= 15 is 0 Å². The van der Waals surface area contributed by atoms with Gasteiger partial charge in [-0.25, -0.2) is 4.98 Å². The number of hydrogen-bond donors (Lipinski definition) is 1. The van der Waals surface area contributed by atoms with E-state index in [1.165, 1.54) is 0 Å². The zero-order valence-corrected chi connectivity index (χ0v) is 16.1. The van der Waals surface area contributed by atoms with Gasteiger partial charge in [0.1, 0.15) is 6.04 Å². The number of anilines is 2. The Kier molecular flexibility index (Phi) is 4.48. The normalized spacial score (nSPS) is 15.4. The minimum Gasteiger partial charge on any atom is -0.326 e. The topological polar surface area (TPSA) is 80.1 Å². The number of aromatic nitrogens is 3. The van der Waals surface area contributed by atoms with Gasteiger partial charge in [-0.2, -0.15) is 0 Å². The van der Waals surface area contributed by atoms with Gasteiger partial charge in [0, 0.05) is 18.1 Å². The quantitative estimate of drug-likeness (QED) is 0.559. The molecule has 30 heavy (non-hydrogen) atoms. The van der Waals surface area contributed by atoms with Gasteiger partial charge in [-0.3, -0.25) is 24.0 Å². The van der Waals surface area contributed by atoms with Crippen LogP contribution >= 0.6 is 0 Å². The van der Waals surface area contributed by atoms with E-state index in [-0.39, 0.29) is 18.2 Å². The number of pyridine rings is 1. The first-order chi connectivity index (χ1) is 14.7. The fourth-order valence-corrected chi connectivity index (χ4v) is 3.83. The van der Waals surface area contributed by atoms with E-state index < -0.39 is 6.04 Å². The second-order valence-electron chi connectivity index (χ2n) is 7.19. The molecule has 4 aromatic rings. The summed E-state index contributed by atoms with van der Waals surface area (Å²) in [5, 5.41) is 2.87. The maximum atomic E-state index is 13.3. The molecule has 1 aliphatic heterocycles. The molecular weight excluding hydrogens is 378 g/mol. The third kappa shape index (κ3) is 3.20. The number of nitrogens with zero attached hydrogens (tertiary/aromatic N) is 4. The molecule has 148 valence electrons. The van der Waals surface area contributed by atoms with Crippen molar-refractivity contribution in [1.29, 1.82) is 0 Å². The molecule has 0 saturated heterocycles. The number of para-hydroxylation sites is 3. The van der Waals surface area contributed by atoms with E-state index in [2.05, 4.69) is 15.3 Å². The van der Waals surface area contributed by atoms with Gasteiger partial charge in [0.2, 0.25) is 11.9 Å². The highest BCUT2D eigenvalue weighted by atomic mass is 16.2. The second kappa shape index (κ2) is 7.44. The predicted octanol–water partition coefficient (Wildman–Crippen LogP) is 3.55. The van der Waals surface area contributed by atoms with E-state index in [0.29, 0.717) is 18.2 Å². The molecule has 7 nitrogen and oxygen atoms in total. The largest absolute Gasteiger partial charge is 0.326 e. The highest BCUT2D eigenvalue weighted by molar-refractivity contribution is 6.05. The van der Waals surface area contributed by atoms with Crippen molar-refractivity contribution in [2.75, 3.05) is 10.2 Å². The summed E-state index contributed by atoms with van der Waals surface area (Å²) < 4.78 is 1.87. The predicted molar refractivity (Wildman–Crippen MR) is 114 cm³/mol. The smallest absolute Gasteiger partial charge is 0.253 e. The molecule has 1 N–H and O–H groups in total. The standard InChI is InChI=1S/C23H19N5O2/c29-21(25-17-8-2-1-3-9-17)13-20-22(30)27(15-16-7-6-12-24-14-16)23-26-18-10-4-5-11-19(18)28(20)23/h1-12,14,20H,13,15H2,(H,25,29). The van der Waals surface area contributed by atoms with Crippen LogP contribution in [0.25, 0.3) is 11.0 Å². The SMILES string of the molecule is O=C(CC1C(=O)N(Cc2cccnc2)c2nc3ccccc3n21)Nc1ccccc1. The summed E-state index contributed by atoms with van der Waals surface area (Å²) in [6, 6.07) is 20.0. The summed E-state index contributed by atoms with van der Waals surface area (Å²) >= 11 is 0. The molecule has 1 aliphatic rings. The summed E-state index contributed by atoms with van der Waals surface area (Å²) in [5.41, 5.74) is 3.24. The van der Waals surface area contributed by atoms with E-state index in [0.717, 1.165) is 16.6 Å². The van der Waals surface area contributed by atoms with Gasteiger partial charge >= 0.3 is 0 Å². The first-order valence-corrected chi connectivity index (χ1v) is 9.73. The Morgan fingerprint density at radius 2 is 1.80 bits per heavy atom. The highest BCUT2D eigenvalue weighted by Crippen LogP contribution is 2.37. The summed E-state index contributed by atoms with van der Waals surface area (Å²) in [5.74, 6) is 0.199. The highest BCUT2D eigenvalue weighted by Gasteiger charge is 2.40. The lowest BCUT2D eigenvalue weighted by molar-refractivity contribution is -0.124. The molecule has 5 rings (SSSR count). The van der Waals surface area contributed by atoms with Crippen LogP contribution < -0.4 is 10.2 Å². The van der Waals surface area contributed by atoms with Gasteiger partial charge in [-0.05, 0) is 35.9 Å². The second-order valence-corrected chi connectivity index (χ2v) is 7.19. The fraction of sp³-hybridized carbons (Fsp3) is 0.130. The van der Waals surface area contributed by atoms with Crippen molar-refractivity contribution in [3.63, 3.8) is 0 Å². The summed E-state index contributed by atoms with van der Waals surface area (Å²) in [6.07, 6.45) is 3.46. The van der Waals surface area contributed by atoms with Crippen LogP contribution in [-0.4, -0.2) is 26.3 Å². The Hall–Kier alpha value is -4.00. The van der Waals surface area contributed by atoms with Crippen molar-refractivity contribution in [3.8, 4) is 0 Å². The molecule has 1 unspecified atom stereocenters. The number of rotatable bonds is 5. The monoisotopic (exact) mass is 397 g/mol. The van der Waals surface area contributed by atoms with Gasteiger partial charge in [-0.15, -0.1) is 0 Å². The average molecular weight is 397 g/mol. The van der Waals surface area contributed by atoms with Crippen molar-refractivity contribution in [1.82, 2.24) is 14.5 Å². The van der Waals surface area contributed by atoms with Crippen molar-refractivity contribution in [2.24, 2.45) is 0 Å². The average Bonchev–Trinajstić information content (AvgIpc) is 3.26. The zero-order valence-electron chi connectivity index (χ0n) is 16.1. The molecule has 0 saturated carbocycles. The third-order valence-electron chi connectivity index (χ3n) is 5.18. The van der Waals surface area contributed by atoms with Crippen LogP contribution in [0.5, 0.6) is 0 Å². The maximum Gasteiger partial charge on any atom is 0.253 e. The fourth-order valence-electron chi connectivity index (χ4n) is 3.83. The molecule has 0 bridgehead atoms. The summed E-state index contributed by atoms with van der Waals surface area (Å²) in [7, 11) is 0. The number of hydrogen-bond acceptors (Lipinski definition) is 4. The molecule has 3 heterocycles. The summed E-state index contributed by atoms with van der Waals surface area (Å²) in [6.45, 7) is 0.354. The minimum atomic E-state index is -0.646. The molecule has 0 spiro atoms. The van der Waals surface area contributed by atoms with Crippen molar-refractivity contribution < 1.29 is 9.59 Å². The number of carbonyl (C=O) groups is 2. The number of imidazole rings is 1. The number of nitrogens with one attached hydrogen (secondary N) is 1. The molecule has 2 aromatic heterocycles. The van der Waals surface area contributed by atoms with Crippen LogP contribution in [0.2, 0.25) is 0 Å². The maximum absolute atomic E-state index is 13.3. The van der Waals surface area contributed by atoms with Crippen LogP contribution in [0.15, 0.2) is 79.1 Å². The number of carbonyl (C=O) groups excluding carboxylic acids is 2. The van der Waals surface area contributed by atoms with Crippen molar-refractivity contribution in [2.45, 2.75) is 19.0 Å². The van der Waals surface area contributed by atoms with Crippen LogP contribution in [0, 0.1) is 0 Å². The lowest BCUT2D eigenvalue weighted by Crippen LogP contribution is -2.31.